The van der Waals surface area contributed by atoms with Crippen LogP contribution in [0.4, 0.5) is 11.4 Å². The van der Waals surface area contributed by atoms with E-state index in [4.69, 9.17) is 17.3 Å². The quantitative estimate of drug-likeness (QED) is 0.727. The molecule has 0 atom stereocenters. The van der Waals surface area contributed by atoms with Gasteiger partial charge in [0.25, 0.3) is 0 Å². The van der Waals surface area contributed by atoms with Crippen molar-refractivity contribution in [2.75, 3.05) is 23.9 Å². The van der Waals surface area contributed by atoms with E-state index >= 15 is 0 Å². The molecule has 0 aromatic heterocycles. The number of anilines is 2. The Labute approximate surface area is 121 Å². The maximum absolute atomic E-state index is 11.2. The van der Waals surface area contributed by atoms with Gasteiger partial charge >= 0.3 is 5.97 Å². The molecule has 4 nitrogen and oxygen atoms in total. The third kappa shape index (κ3) is 2.92. The van der Waals surface area contributed by atoms with Crippen molar-refractivity contribution < 1.29 is 9.90 Å². The minimum atomic E-state index is -1.02. The minimum absolute atomic E-state index is 0.126. The lowest BCUT2D eigenvalue weighted by atomic mass is 9.84. The first-order valence-electron chi connectivity index (χ1n) is 6.09. The average Bonchev–Trinajstić information content (AvgIpc) is 2.29. The Morgan fingerprint density at radius 2 is 2.26 bits per heavy atom. The molecule has 1 aliphatic rings. The highest BCUT2D eigenvalue weighted by atomic mass is 35.5. The highest BCUT2D eigenvalue weighted by Gasteiger charge is 2.36. The van der Waals surface area contributed by atoms with E-state index in [9.17, 15) is 9.90 Å². The number of hydrogen-bond acceptors (Lipinski definition) is 4. The van der Waals surface area contributed by atoms with Crippen molar-refractivity contribution in [2.24, 2.45) is 0 Å². The predicted octanol–water partition coefficient (Wildman–Crippen LogP) is 3.32. The van der Waals surface area contributed by atoms with Crippen LogP contribution in [-0.4, -0.2) is 28.6 Å². The van der Waals surface area contributed by atoms with Crippen LogP contribution < -0.4 is 11.1 Å². The van der Waals surface area contributed by atoms with Crippen molar-refractivity contribution in [1.82, 2.24) is 0 Å². The number of thioether (sulfide) groups is 1. The third-order valence-electron chi connectivity index (χ3n) is 3.63. The van der Waals surface area contributed by atoms with Crippen molar-refractivity contribution in [3.63, 3.8) is 0 Å². The fraction of sp³-hybridized carbons (Fsp3) is 0.462. The lowest BCUT2D eigenvalue weighted by molar-refractivity contribution is 0.0698. The molecule has 0 radical (unpaired) electrons. The number of carbonyl (C=O) groups is 1. The van der Waals surface area contributed by atoms with Gasteiger partial charge in [-0.15, -0.1) is 0 Å². The molecule has 0 heterocycles. The van der Waals surface area contributed by atoms with E-state index in [1.165, 1.54) is 12.5 Å². The summed E-state index contributed by atoms with van der Waals surface area (Å²) in [6.07, 6.45) is 5.61. The number of halogens is 1. The molecular formula is C13H17ClN2O2S. The third-order valence-corrected chi connectivity index (χ3v) is 5.34. The summed E-state index contributed by atoms with van der Waals surface area (Å²) in [7, 11) is 0. The van der Waals surface area contributed by atoms with E-state index in [-0.39, 0.29) is 10.3 Å². The van der Waals surface area contributed by atoms with Crippen molar-refractivity contribution in [1.29, 1.82) is 0 Å². The molecule has 1 aliphatic carbocycles. The van der Waals surface area contributed by atoms with Gasteiger partial charge in [0, 0.05) is 17.0 Å². The lowest BCUT2D eigenvalue weighted by Crippen LogP contribution is -2.40. The number of carboxylic acids is 1. The van der Waals surface area contributed by atoms with E-state index in [2.05, 4.69) is 11.6 Å². The number of benzene rings is 1. The van der Waals surface area contributed by atoms with Gasteiger partial charge in [-0.2, -0.15) is 11.8 Å². The Morgan fingerprint density at radius 1 is 1.58 bits per heavy atom. The predicted molar refractivity (Wildman–Crippen MR) is 81.4 cm³/mol. The highest BCUT2D eigenvalue weighted by Crippen LogP contribution is 2.43. The van der Waals surface area contributed by atoms with Crippen LogP contribution >= 0.6 is 23.4 Å². The molecule has 0 aliphatic heterocycles. The topological polar surface area (TPSA) is 75.3 Å². The van der Waals surface area contributed by atoms with Gasteiger partial charge in [0.2, 0.25) is 0 Å². The number of nitrogens with one attached hydrogen (secondary N) is 1. The second-order valence-electron chi connectivity index (χ2n) is 4.82. The fourth-order valence-corrected chi connectivity index (χ4v) is 3.46. The Hall–Kier alpha value is -1.07. The maximum atomic E-state index is 11.2. The van der Waals surface area contributed by atoms with Crippen LogP contribution in [0.1, 0.15) is 29.6 Å². The van der Waals surface area contributed by atoms with Gasteiger partial charge in [0.15, 0.2) is 0 Å². The van der Waals surface area contributed by atoms with Gasteiger partial charge in [-0.25, -0.2) is 4.79 Å². The van der Waals surface area contributed by atoms with Crippen molar-refractivity contribution in [3.05, 3.63) is 22.7 Å². The van der Waals surface area contributed by atoms with Crippen molar-refractivity contribution in [3.8, 4) is 0 Å². The molecule has 0 saturated heterocycles. The molecule has 1 aromatic rings. The van der Waals surface area contributed by atoms with Gasteiger partial charge in [-0.1, -0.05) is 18.0 Å². The number of aromatic carboxylic acids is 1. The number of rotatable bonds is 5. The minimum Gasteiger partial charge on any atom is -0.478 e. The second kappa shape index (κ2) is 5.51. The summed E-state index contributed by atoms with van der Waals surface area (Å²) in [6.45, 7) is 0.720. The number of nitrogens with two attached hydrogens (primary N) is 1. The van der Waals surface area contributed by atoms with Gasteiger partial charge in [0.05, 0.1) is 16.3 Å². The largest absolute Gasteiger partial charge is 0.478 e. The van der Waals surface area contributed by atoms with Crippen LogP contribution in [0.3, 0.4) is 0 Å². The smallest absolute Gasteiger partial charge is 0.337 e. The molecular weight excluding hydrogens is 284 g/mol. The molecule has 2 rings (SSSR count). The monoisotopic (exact) mass is 300 g/mol. The summed E-state index contributed by atoms with van der Waals surface area (Å²) in [6, 6.07) is 3.01. The van der Waals surface area contributed by atoms with Crippen LogP contribution in [0.2, 0.25) is 5.02 Å². The van der Waals surface area contributed by atoms with Crippen LogP contribution in [0.25, 0.3) is 0 Å². The Kier molecular flexibility index (Phi) is 4.16. The SMILES string of the molecule is CSC1(CNc2c(Cl)cc(N)cc2C(=O)O)CCC1. The molecule has 1 saturated carbocycles. The van der Waals surface area contributed by atoms with Gasteiger partial charge in [-0.3, -0.25) is 0 Å². The lowest BCUT2D eigenvalue weighted by Gasteiger charge is -2.40. The Morgan fingerprint density at radius 3 is 2.74 bits per heavy atom. The molecule has 0 amide bonds. The van der Waals surface area contributed by atoms with E-state index in [1.807, 2.05) is 11.8 Å². The zero-order chi connectivity index (χ0) is 14.0. The number of carboxylic acid groups (broad SMARTS) is 1. The molecule has 0 unspecified atom stereocenters. The molecule has 1 aromatic carbocycles. The zero-order valence-electron chi connectivity index (χ0n) is 10.7. The first kappa shape index (κ1) is 14.3. The summed E-state index contributed by atoms with van der Waals surface area (Å²) < 4.78 is 0.209. The highest BCUT2D eigenvalue weighted by molar-refractivity contribution is 8.00. The number of hydrogen-bond donors (Lipinski definition) is 3. The molecule has 0 bridgehead atoms. The number of nitrogen functional groups attached to an aromatic ring is 1. The van der Waals surface area contributed by atoms with Gasteiger partial charge in [-0.05, 0) is 31.2 Å². The van der Waals surface area contributed by atoms with Crippen LogP contribution in [0, 0.1) is 0 Å². The maximum Gasteiger partial charge on any atom is 0.337 e. The summed E-state index contributed by atoms with van der Waals surface area (Å²) in [5.41, 5.74) is 6.58. The molecule has 0 spiro atoms. The Bertz CT molecular complexity index is 498. The zero-order valence-corrected chi connectivity index (χ0v) is 12.3. The Balaban J connectivity index is 2.22. The summed E-state index contributed by atoms with van der Waals surface area (Å²) in [5.74, 6) is -1.02. The fourth-order valence-electron chi connectivity index (χ4n) is 2.25. The van der Waals surface area contributed by atoms with Crippen LogP contribution in [0.15, 0.2) is 12.1 Å². The molecule has 4 N–H and O–H groups in total. The van der Waals surface area contributed by atoms with E-state index in [0.29, 0.717) is 16.4 Å². The van der Waals surface area contributed by atoms with Gasteiger partial charge < -0.3 is 16.2 Å². The van der Waals surface area contributed by atoms with E-state index < -0.39 is 5.97 Å². The molecule has 19 heavy (non-hydrogen) atoms. The summed E-state index contributed by atoms with van der Waals surface area (Å²) in [4.78, 5) is 11.2. The summed E-state index contributed by atoms with van der Waals surface area (Å²) in [5, 5.41) is 12.8. The van der Waals surface area contributed by atoms with Crippen molar-refractivity contribution >= 4 is 40.7 Å². The molecule has 1 fully saturated rings. The van der Waals surface area contributed by atoms with Crippen LogP contribution in [0.5, 0.6) is 0 Å². The molecule has 6 heteroatoms. The van der Waals surface area contributed by atoms with E-state index in [1.54, 1.807) is 6.07 Å². The van der Waals surface area contributed by atoms with Gasteiger partial charge in [0.1, 0.15) is 0 Å². The first-order valence-corrected chi connectivity index (χ1v) is 7.69. The normalized spacial score (nSPS) is 16.7. The standard InChI is InChI=1S/C13H17ClN2O2S/c1-19-13(3-2-4-13)7-16-11-9(12(17)18)5-8(15)6-10(11)14/h5-6,16H,2-4,7,15H2,1H3,(H,17,18). The summed E-state index contributed by atoms with van der Waals surface area (Å²) >= 11 is 7.92. The van der Waals surface area contributed by atoms with E-state index in [0.717, 1.165) is 19.4 Å². The molecule has 104 valence electrons. The second-order valence-corrected chi connectivity index (χ2v) is 6.51. The van der Waals surface area contributed by atoms with Crippen molar-refractivity contribution in [2.45, 2.75) is 24.0 Å². The van der Waals surface area contributed by atoms with Crippen LogP contribution in [-0.2, 0) is 0 Å². The first-order chi connectivity index (χ1) is 8.97. The average molecular weight is 301 g/mol.